The monoisotopic (exact) mass is 242 g/mol. The Labute approximate surface area is 82.9 Å². The molecule has 4 heteroatoms. The Morgan fingerprint density at radius 2 is 1.77 bits per heavy atom. The predicted molar refractivity (Wildman–Crippen MR) is 49.3 cm³/mol. The number of rotatable bonds is 2. The van der Waals surface area contributed by atoms with Gasteiger partial charge in [0, 0.05) is 0 Å². The fourth-order valence-corrected chi connectivity index (χ4v) is 3.16. The molecular formula is C9H11AsO3. The molecular weight excluding hydrogens is 231 g/mol. The predicted octanol–water partition coefficient (Wildman–Crippen LogP) is 1.49. The van der Waals surface area contributed by atoms with Crippen molar-refractivity contribution in [1.29, 1.82) is 0 Å². The van der Waals surface area contributed by atoms with Gasteiger partial charge in [-0.25, -0.2) is 0 Å². The zero-order valence-corrected chi connectivity index (χ0v) is 9.06. The molecule has 0 radical (unpaired) electrons. The first-order valence-corrected chi connectivity index (χ1v) is 6.54. The molecule has 0 saturated carbocycles. The standard InChI is InChI=1S/C9H11AsO3/c1-2-5-9(6-3-1)13-10-11-7-4-8-12-10/h1-3,5-6H,4,7-8H2. The van der Waals surface area contributed by atoms with Gasteiger partial charge in [-0.1, -0.05) is 0 Å². The van der Waals surface area contributed by atoms with Gasteiger partial charge in [0.2, 0.25) is 0 Å². The summed E-state index contributed by atoms with van der Waals surface area (Å²) in [5, 5.41) is 0. The summed E-state index contributed by atoms with van der Waals surface area (Å²) >= 11 is -1.92. The van der Waals surface area contributed by atoms with E-state index in [2.05, 4.69) is 0 Å². The maximum absolute atomic E-state index is 5.56. The minimum absolute atomic E-state index is 0.771. The third kappa shape index (κ3) is 2.73. The van der Waals surface area contributed by atoms with E-state index in [-0.39, 0.29) is 0 Å². The number of hydrogen-bond donors (Lipinski definition) is 0. The van der Waals surface area contributed by atoms with Gasteiger partial charge in [0.15, 0.2) is 0 Å². The summed E-state index contributed by atoms with van der Waals surface area (Å²) in [6.45, 7) is 1.54. The molecule has 13 heavy (non-hydrogen) atoms. The van der Waals surface area contributed by atoms with E-state index in [1.165, 1.54) is 0 Å². The molecule has 1 fully saturated rings. The maximum atomic E-state index is 5.56. The summed E-state index contributed by atoms with van der Waals surface area (Å²) in [5.74, 6) is 0.837. The third-order valence-electron chi connectivity index (χ3n) is 1.61. The van der Waals surface area contributed by atoms with Crippen molar-refractivity contribution in [3.05, 3.63) is 30.3 Å². The first-order valence-electron chi connectivity index (χ1n) is 4.24. The Bertz CT molecular complexity index is 246. The Balaban J connectivity index is 1.90. The molecule has 0 amide bonds. The second-order valence-electron chi connectivity index (χ2n) is 2.65. The van der Waals surface area contributed by atoms with Crippen LogP contribution in [0.15, 0.2) is 30.3 Å². The van der Waals surface area contributed by atoms with Crippen molar-refractivity contribution in [3.8, 4) is 5.75 Å². The zero-order chi connectivity index (χ0) is 8.93. The molecule has 1 saturated heterocycles. The van der Waals surface area contributed by atoms with E-state index in [0.717, 1.165) is 25.4 Å². The van der Waals surface area contributed by atoms with Crippen LogP contribution in [0.3, 0.4) is 0 Å². The molecule has 0 unspecified atom stereocenters. The molecule has 70 valence electrons. The molecule has 0 bridgehead atoms. The van der Waals surface area contributed by atoms with Crippen molar-refractivity contribution in [2.75, 3.05) is 13.2 Å². The summed E-state index contributed by atoms with van der Waals surface area (Å²) in [7, 11) is 0. The van der Waals surface area contributed by atoms with Crippen molar-refractivity contribution in [3.63, 3.8) is 0 Å². The van der Waals surface area contributed by atoms with Crippen molar-refractivity contribution in [2.45, 2.75) is 6.42 Å². The summed E-state index contributed by atoms with van der Waals surface area (Å²) in [6, 6.07) is 9.66. The second kappa shape index (κ2) is 4.66. The summed E-state index contributed by atoms with van der Waals surface area (Å²) in [5.41, 5.74) is 0. The minimum atomic E-state index is -1.92. The van der Waals surface area contributed by atoms with Crippen LogP contribution < -0.4 is 3.73 Å². The molecule has 3 nitrogen and oxygen atoms in total. The van der Waals surface area contributed by atoms with Gasteiger partial charge in [-0.05, 0) is 0 Å². The van der Waals surface area contributed by atoms with Crippen LogP contribution in [-0.2, 0) is 7.45 Å². The summed E-state index contributed by atoms with van der Waals surface area (Å²) < 4.78 is 16.3. The SMILES string of the molecule is c1ccc(O[As]2OCCCO2)cc1. The van der Waals surface area contributed by atoms with Crippen LogP contribution in [0.2, 0.25) is 0 Å². The van der Waals surface area contributed by atoms with Gasteiger partial charge in [-0.15, -0.1) is 0 Å². The first kappa shape index (κ1) is 9.07. The van der Waals surface area contributed by atoms with Crippen LogP contribution in [0, 0.1) is 0 Å². The van der Waals surface area contributed by atoms with Gasteiger partial charge in [0.25, 0.3) is 0 Å². The normalized spacial score (nSPS) is 18.5. The topological polar surface area (TPSA) is 27.7 Å². The molecule has 1 aromatic carbocycles. The Kier molecular flexibility index (Phi) is 3.25. The van der Waals surface area contributed by atoms with E-state index in [1.54, 1.807) is 0 Å². The molecule has 0 aliphatic carbocycles. The molecule has 2 rings (SSSR count). The summed E-state index contributed by atoms with van der Waals surface area (Å²) in [6.07, 6.45) is 0.976. The summed E-state index contributed by atoms with van der Waals surface area (Å²) in [4.78, 5) is 0. The van der Waals surface area contributed by atoms with E-state index in [1.807, 2.05) is 30.3 Å². The average molecular weight is 242 g/mol. The van der Waals surface area contributed by atoms with E-state index >= 15 is 0 Å². The van der Waals surface area contributed by atoms with Crippen LogP contribution in [0.25, 0.3) is 0 Å². The van der Waals surface area contributed by atoms with Gasteiger partial charge >= 0.3 is 82.6 Å². The molecule has 0 spiro atoms. The quantitative estimate of drug-likeness (QED) is 0.735. The average Bonchev–Trinajstić information content (AvgIpc) is 2.21. The van der Waals surface area contributed by atoms with Crippen molar-refractivity contribution in [2.24, 2.45) is 0 Å². The Morgan fingerprint density at radius 3 is 2.46 bits per heavy atom. The van der Waals surface area contributed by atoms with Gasteiger partial charge in [0.1, 0.15) is 0 Å². The van der Waals surface area contributed by atoms with Gasteiger partial charge in [-0.3, -0.25) is 0 Å². The van der Waals surface area contributed by atoms with Crippen LogP contribution in [0.4, 0.5) is 0 Å². The van der Waals surface area contributed by atoms with Gasteiger partial charge < -0.3 is 0 Å². The van der Waals surface area contributed by atoms with Crippen LogP contribution >= 0.6 is 0 Å². The van der Waals surface area contributed by atoms with Crippen molar-refractivity contribution < 1.29 is 11.2 Å². The second-order valence-corrected chi connectivity index (χ2v) is 5.05. The molecule has 0 aromatic heterocycles. The molecule has 1 aliphatic rings. The zero-order valence-electron chi connectivity index (χ0n) is 7.18. The van der Waals surface area contributed by atoms with Crippen LogP contribution in [0.1, 0.15) is 6.42 Å². The third-order valence-corrected chi connectivity index (χ3v) is 4.01. The van der Waals surface area contributed by atoms with E-state index < -0.39 is 15.7 Å². The molecule has 1 aliphatic heterocycles. The van der Waals surface area contributed by atoms with Gasteiger partial charge in [0.05, 0.1) is 0 Å². The number of hydrogen-bond acceptors (Lipinski definition) is 3. The number of para-hydroxylation sites is 1. The molecule has 1 aromatic rings. The van der Waals surface area contributed by atoms with Crippen molar-refractivity contribution in [1.82, 2.24) is 0 Å². The first-order chi connectivity index (χ1) is 6.45. The molecule has 1 heterocycles. The Hall–Kier alpha value is -0.502. The fraction of sp³-hybridized carbons (Fsp3) is 0.333. The Morgan fingerprint density at radius 1 is 1.08 bits per heavy atom. The van der Waals surface area contributed by atoms with Gasteiger partial charge in [-0.2, -0.15) is 0 Å². The molecule has 0 atom stereocenters. The fourth-order valence-electron chi connectivity index (χ4n) is 0.994. The van der Waals surface area contributed by atoms with E-state index in [4.69, 9.17) is 11.2 Å². The molecule has 0 N–H and O–H groups in total. The van der Waals surface area contributed by atoms with E-state index in [9.17, 15) is 0 Å². The van der Waals surface area contributed by atoms with Crippen molar-refractivity contribution >= 4 is 15.7 Å². The van der Waals surface area contributed by atoms with Crippen LogP contribution in [-0.4, -0.2) is 28.9 Å². The number of benzene rings is 1. The van der Waals surface area contributed by atoms with E-state index in [0.29, 0.717) is 0 Å². The van der Waals surface area contributed by atoms with Crippen LogP contribution in [0.5, 0.6) is 5.75 Å².